The van der Waals surface area contributed by atoms with Gasteiger partial charge in [-0.05, 0) is 12.1 Å². The molecule has 1 amide bonds. The Labute approximate surface area is 144 Å². The standard InChI is InChI=1S/C16H12BrF2NO4/c1-23-15(21)10-6-12(18)13(19)7-14(10)20-16(22)24-8-9-4-2-3-5-11(9)17/h2-7H,8H2,1H3,(H,20,22). The summed E-state index contributed by atoms with van der Waals surface area (Å²) in [5.41, 5.74) is 0.137. The topological polar surface area (TPSA) is 64.6 Å². The Balaban J connectivity index is 2.12. The summed E-state index contributed by atoms with van der Waals surface area (Å²) < 4.78 is 36.9. The highest BCUT2D eigenvalue weighted by Gasteiger charge is 2.19. The summed E-state index contributed by atoms with van der Waals surface area (Å²) in [6, 6.07) is 8.42. The number of hydrogen-bond donors (Lipinski definition) is 1. The maximum atomic E-state index is 13.4. The van der Waals surface area contributed by atoms with E-state index in [0.29, 0.717) is 17.7 Å². The molecule has 0 aromatic heterocycles. The Morgan fingerprint density at radius 2 is 1.83 bits per heavy atom. The van der Waals surface area contributed by atoms with Crippen LogP contribution >= 0.6 is 15.9 Å². The fourth-order valence-electron chi connectivity index (χ4n) is 1.83. The van der Waals surface area contributed by atoms with Crippen molar-refractivity contribution < 1.29 is 27.8 Å². The molecule has 8 heteroatoms. The van der Waals surface area contributed by atoms with Crippen LogP contribution in [0, 0.1) is 11.6 Å². The van der Waals surface area contributed by atoms with E-state index in [1.54, 1.807) is 24.3 Å². The Morgan fingerprint density at radius 1 is 1.17 bits per heavy atom. The molecule has 0 bridgehead atoms. The maximum absolute atomic E-state index is 13.4. The number of carbonyl (C=O) groups excluding carboxylic acids is 2. The molecular weight excluding hydrogens is 388 g/mol. The first-order valence-electron chi connectivity index (χ1n) is 6.67. The number of rotatable bonds is 4. The number of amides is 1. The minimum absolute atomic E-state index is 0.0511. The summed E-state index contributed by atoms with van der Waals surface area (Å²) in [6.07, 6.45) is -0.929. The zero-order chi connectivity index (χ0) is 17.7. The van der Waals surface area contributed by atoms with Crippen molar-refractivity contribution in [3.05, 3.63) is 63.6 Å². The van der Waals surface area contributed by atoms with E-state index in [0.717, 1.165) is 11.6 Å². The van der Waals surface area contributed by atoms with Gasteiger partial charge in [0.1, 0.15) is 6.61 Å². The van der Waals surface area contributed by atoms with Gasteiger partial charge in [0, 0.05) is 16.1 Å². The molecule has 0 aliphatic heterocycles. The maximum Gasteiger partial charge on any atom is 0.411 e. The lowest BCUT2D eigenvalue weighted by Gasteiger charge is -2.11. The number of carbonyl (C=O) groups is 2. The number of ether oxygens (including phenoxy) is 2. The zero-order valence-corrected chi connectivity index (χ0v) is 14.0. The van der Waals surface area contributed by atoms with E-state index in [2.05, 4.69) is 26.0 Å². The Kier molecular flexibility index (Phi) is 5.86. The number of esters is 1. The van der Waals surface area contributed by atoms with E-state index >= 15 is 0 Å². The number of benzene rings is 2. The largest absolute Gasteiger partial charge is 0.465 e. The summed E-state index contributed by atoms with van der Waals surface area (Å²) in [6.45, 7) is -0.0511. The van der Waals surface area contributed by atoms with Crippen molar-refractivity contribution in [2.75, 3.05) is 12.4 Å². The lowest BCUT2D eigenvalue weighted by atomic mass is 10.1. The second-order valence-electron chi connectivity index (χ2n) is 4.60. The van der Waals surface area contributed by atoms with E-state index in [1.807, 2.05) is 0 Å². The minimum Gasteiger partial charge on any atom is -0.465 e. The number of halogens is 3. The van der Waals surface area contributed by atoms with E-state index in [4.69, 9.17) is 4.74 Å². The molecule has 2 rings (SSSR count). The lowest BCUT2D eigenvalue weighted by molar-refractivity contribution is 0.0601. The third kappa shape index (κ3) is 4.29. The van der Waals surface area contributed by atoms with Crippen LogP contribution in [-0.4, -0.2) is 19.2 Å². The van der Waals surface area contributed by atoms with Gasteiger partial charge in [-0.1, -0.05) is 34.1 Å². The molecule has 0 radical (unpaired) electrons. The summed E-state index contributed by atoms with van der Waals surface area (Å²) in [7, 11) is 1.08. The van der Waals surface area contributed by atoms with Crippen molar-refractivity contribution in [1.29, 1.82) is 0 Å². The van der Waals surface area contributed by atoms with Gasteiger partial charge in [0.25, 0.3) is 0 Å². The third-order valence-electron chi connectivity index (χ3n) is 3.02. The molecule has 0 fully saturated rings. The third-order valence-corrected chi connectivity index (χ3v) is 3.79. The summed E-state index contributed by atoms with van der Waals surface area (Å²) in [5.74, 6) is -3.37. The number of methoxy groups -OCH3 is 1. The van der Waals surface area contributed by atoms with Crippen molar-refractivity contribution in [3.8, 4) is 0 Å². The van der Waals surface area contributed by atoms with Crippen LogP contribution in [0.1, 0.15) is 15.9 Å². The fraction of sp³-hybridized carbons (Fsp3) is 0.125. The Bertz CT molecular complexity index is 783. The Morgan fingerprint density at radius 3 is 2.50 bits per heavy atom. The fourth-order valence-corrected chi connectivity index (χ4v) is 2.23. The minimum atomic E-state index is -1.23. The van der Waals surface area contributed by atoms with E-state index in [1.165, 1.54) is 0 Å². The first-order chi connectivity index (χ1) is 11.4. The molecule has 0 spiro atoms. The molecule has 5 nitrogen and oxygen atoms in total. The van der Waals surface area contributed by atoms with Crippen molar-refractivity contribution in [1.82, 2.24) is 0 Å². The van der Waals surface area contributed by atoms with Crippen LogP contribution in [0.3, 0.4) is 0 Å². The summed E-state index contributed by atoms with van der Waals surface area (Å²) >= 11 is 3.31. The molecule has 2 aromatic rings. The first-order valence-corrected chi connectivity index (χ1v) is 7.46. The summed E-state index contributed by atoms with van der Waals surface area (Å²) in [5, 5.41) is 2.20. The second-order valence-corrected chi connectivity index (χ2v) is 5.45. The van der Waals surface area contributed by atoms with Crippen molar-refractivity contribution in [2.45, 2.75) is 6.61 Å². The van der Waals surface area contributed by atoms with Crippen molar-refractivity contribution in [2.24, 2.45) is 0 Å². The van der Waals surface area contributed by atoms with Crippen LogP contribution < -0.4 is 5.32 Å². The number of hydrogen-bond acceptors (Lipinski definition) is 4. The van der Waals surface area contributed by atoms with E-state index in [9.17, 15) is 18.4 Å². The molecule has 0 aliphatic rings. The molecular formula is C16H12BrF2NO4. The average molecular weight is 400 g/mol. The lowest BCUT2D eigenvalue weighted by Crippen LogP contribution is -2.17. The molecule has 0 aliphatic carbocycles. The highest BCUT2D eigenvalue weighted by Crippen LogP contribution is 2.22. The van der Waals surface area contributed by atoms with E-state index < -0.39 is 23.7 Å². The van der Waals surface area contributed by atoms with Gasteiger partial charge >= 0.3 is 12.1 Å². The molecule has 0 heterocycles. The predicted molar refractivity (Wildman–Crippen MR) is 85.6 cm³/mol. The van der Waals surface area contributed by atoms with Crippen LogP contribution in [0.25, 0.3) is 0 Å². The molecule has 1 N–H and O–H groups in total. The highest BCUT2D eigenvalue weighted by atomic mass is 79.9. The van der Waals surface area contributed by atoms with E-state index in [-0.39, 0.29) is 17.9 Å². The predicted octanol–water partition coefficient (Wildman–Crippen LogP) is 4.26. The van der Waals surface area contributed by atoms with Crippen LogP contribution in [0.4, 0.5) is 19.3 Å². The normalized spacial score (nSPS) is 10.2. The van der Waals surface area contributed by atoms with Gasteiger partial charge in [0.15, 0.2) is 11.6 Å². The van der Waals surface area contributed by atoms with Gasteiger partial charge < -0.3 is 9.47 Å². The Hall–Kier alpha value is -2.48. The molecule has 24 heavy (non-hydrogen) atoms. The summed E-state index contributed by atoms with van der Waals surface area (Å²) in [4.78, 5) is 23.4. The van der Waals surface area contributed by atoms with Crippen LogP contribution in [0.15, 0.2) is 40.9 Å². The first kappa shape index (κ1) is 17.9. The highest BCUT2D eigenvalue weighted by molar-refractivity contribution is 9.10. The molecule has 0 unspecified atom stereocenters. The monoisotopic (exact) mass is 399 g/mol. The van der Waals surface area contributed by atoms with Gasteiger partial charge in [-0.25, -0.2) is 18.4 Å². The van der Waals surface area contributed by atoms with Gasteiger partial charge in [-0.3, -0.25) is 5.32 Å². The number of nitrogens with one attached hydrogen (secondary N) is 1. The van der Waals surface area contributed by atoms with Gasteiger partial charge in [-0.15, -0.1) is 0 Å². The SMILES string of the molecule is COC(=O)c1cc(F)c(F)cc1NC(=O)OCc1ccccc1Br. The van der Waals surface area contributed by atoms with Crippen molar-refractivity contribution in [3.63, 3.8) is 0 Å². The van der Waals surface area contributed by atoms with Crippen LogP contribution in [0.5, 0.6) is 0 Å². The van der Waals surface area contributed by atoms with Gasteiger partial charge in [0.2, 0.25) is 0 Å². The second kappa shape index (κ2) is 7.87. The molecule has 0 saturated heterocycles. The van der Waals surface area contributed by atoms with Crippen LogP contribution in [0.2, 0.25) is 0 Å². The van der Waals surface area contributed by atoms with Crippen molar-refractivity contribution >= 4 is 33.7 Å². The molecule has 126 valence electrons. The molecule has 0 atom stereocenters. The average Bonchev–Trinajstić information content (AvgIpc) is 2.56. The van der Waals surface area contributed by atoms with Crippen LogP contribution in [-0.2, 0) is 16.1 Å². The molecule has 2 aromatic carbocycles. The smallest absolute Gasteiger partial charge is 0.411 e. The van der Waals surface area contributed by atoms with Gasteiger partial charge in [0.05, 0.1) is 18.4 Å². The number of anilines is 1. The molecule has 0 saturated carbocycles. The quantitative estimate of drug-likeness (QED) is 0.779. The van der Waals surface area contributed by atoms with Gasteiger partial charge in [-0.2, -0.15) is 0 Å². The zero-order valence-electron chi connectivity index (χ0n) is 12.4.